The summed E-state index contributed by atoms with van der Waals surface area (Å²) in [6.45, 7) is 0.336. The fourth-order valence-electron chi connectivity index (χ4n) is 2.49. The van der Waals surface area contributed by atoms with E-state index in [-0.39, 0.29) is 31.3 Å². The Morgan fingerprint density at radius 1 is 1.22 bits per heavy atom. The first-order valence-corrected chi connectivity index (χ1v) is 6.53. The first-order valence-electron chi connectivity index (χ1n) is 6.53. The van der Waals surface area contributed by atoms with Crippen LogP contribution in [-0.4, -0.2) is 63.8 Å². The largest absolute Gasteiger partial charge is 0.480 e. The second kappa shape index (κ2) is 5.56. The van der Waals surface area contributed by atoms with Crippen LogP contribution < -0.4 is 0 Å². The highest BCUT2D eigenvalue weighted by Gasteiger charge is 2.38. The third-order valence-electron chi connectivity index (χ3n) is 3.62. The van der Waals surface area contributed by atoms with Gasteiger partial charge in [0.25, 0.3) is 0 Å². The molecule has 102 valence electrons. The van der Waals surface area contributed by atoms with Gasteiger partial charge in [-0.15, -0.1) is 0 Å². The van der Waals surface area contributed by atoms with Gasteiger partial charge in [0.2, 0.25) is 0 Å². The van der Waals surface area contributed by atoms with Gasteiger partial charge in [-0.3, -0.25) is 4.79 Å². The highest BCUT2D eigenvalue weighted by molar-refractivity contribution is 5.81. The number of nitrogens with zero attached hydrogens (tertiary/aromatic N) is 2. The lowest BCUT2D eigenvalue weighted by atomic mass is 10.0. The maximum Gasteiger partial charge on any atom is 0.323 e. The molecule has 18 heavy (non-hydrogen) atoms. The second-order valence-electron chi connectivity index (χ2n) is 5.06. The van der Waals surface area contributed by atoms with E-state index in [0.29, 0.717) is 6.54 Å². The van der Waals surface area contributed by atoms with Crippen LogP contribution in [0.25, 0.3) is 0 Å². The van der Waals surface area contributed by atoms with E-state index < -0.39 is 5.97 Å². The van der Waals surface area contributed by atoms with Crippen LogP contribution in [0.4, 0.5) is 4.79 Å². The Labute approximate surface area is 106 Å². The van der Waals surface area contributed by atoms with Gasteiger partial charge < -0.3 is 20.0 Å². The van der Waals surface area contributed by atoms with Gasteiger partial charge in [0.1, 0.15) is 6.54 Å². The highest BCUT2D eigenvalue weighted by atomic mass is 16.4. The molecule has 6 heteroatoms. The van der Waals surface area contributed by atoms with E-state index in [1.54, 1.807) is 4.90 Å². The molecule has 1 atom stereocenters. The van der Waals surface area contributed by atoms with E-state index in [1.807, 2.05) is 0 Å². The van der Waals surface area contributed by atoms with E-state index in [2.05, 4.69) is 0 Å². The molecule has 1 saturated heterocycles. The molecule has 1 saturated carbocycles. The minimum Gasteiger partial charge on any atom is -0.480 e. The first-order chi connectivity index (χ1) is 8.63. The van der Waals surface area contributed by atoms with Gasteiger partial charge in [0.05, 0.1) is 12.6 Å². The Kier molecular flexibility index (Phi) is 4.06. The summed E-state index contributed by atoms with van der Waals surface area (Å²) in [6.07, 6.45) is 4.51. The molecule has 0 bridgehead atoms. The molecule has 0 aromatic rings. The maximum atomic E-state index is 12.4. The number of amides is 2. The zero-order chi connectivity index (χ0) is 13.1. The van der Waals surface area contributed by atoms with Crippen LogP contribution in [0.15, 0.2) is 0 Å². The molecule has 2 rings (SSSR count). The summed E-state index contributed by atoms with van der Waals surface area (Å²) < 4.78 is 0. The van der Waals surface area contributed by atoms with Crippen LogP contribution in [0.5, 0.6) is 0 Å². The van der Waals surface area contributed by atoms with Gasteiger partial charge in [0.15, 0.2) is 0 Å². The molecule has 1 aliphatic heterocycles. The number of likely N-dealkylation sites (tertiary alicyclic amines) is 1. The van der Waals surface area contributed by atoms with E-state index in [9.17, 15) is 14.7 Å². The van der Waals surface area contributed by atoms with Crippen molar-refractivity contribution in [1.82, 2.24) is 9.80 Å². The number of aliphatic hydroxyl groups excluding tert-OH is 1. The quantitative estimate of drug-likeness (QED) is 0.767. The standard InChI is InChI=1S/C12H20N2O4/c15-8-10-3-1-2-6-13(10)12(18)14(7-11(16)17)9-4-5-9/h9-10,15H,1-8H2,(H,16,17). The summed E-state index contributed by atoms with van der Waals surface area (Å²) in [6, 6.07) is -0.296. The Hall–Kier alpha value is -1.30. The monoisotopic (exact) mass is 256 g/mol. The molecule has 1 aliphatic carbocycles. The number of carbonyl (C=O) groups is 2. The van der Waals surface area contributed by atoms with Crippen molar-refractivity contribution in [2.45, 2.75) is 44.2 Å². The van der Waals surface area contributed by atoms with Crippen LogP contribution in [0.2, 0.25) is 0 Å². The molecule has 2 fully saturated rings. The summed E-state index contributed by atoms with van der Waals surface area (Å²) in [5.41, 5.74) is 0. The summed E-state index contributed by atoms with van der Waals surface area (Å²) in [7, 11) is 0. The van der Waals surface area contributed by atoms with E-state index >= 15 is 0 Å². The first kappa shape index (κ1) is 13.1. The molecule has 2 N–H and O–H groups in total. The van der Waals surface area contributed by atoms with Crippen molar-refractivity contribution in [3.05, 3.63) is 0 Å². The van der Waals surface area contributed by atoms with Crippen LogP contribution in [-0.2, 0) is 4.79 Å². The number of hydrogen-bond donors (Lipinski definition) is 2. The fourth-order valence-corrected chi connectivity index (χ4v) is 2.49. The summed E-state index contributed by atoms with van der Waals surface area (Å²) in [5.74, 6) is -0.979. The van der Waals surface area contributed by atoms with Crippen LogP contribution >= 0.6 is 0 Å². The predicted molar refractivity (Wildman–Crippen MR) is 64.2 cm³/mol. The SMILES string of the molecule is O=C(O)CN(C(=O)N1CCCCC1CO)C1CC1. The van der Waals surface area contributed by atoms with E-state index in [4.69, 9.17) is 5.11 Å². The van der Waals surface area contributed by atoms with Gasteiger partial charge in [-0.25, -0.2) is 4.79 Å². The van der Waals surface area contributed by atoms with E-state index in [1.165, 1.54) is 4.90 Å². The average Bonchev–Trinajstić information content (AvgIpc) is 3.19. The topological polar surface area (TPSA) is 81.1 Å². The minimum absolute atomic E-state index is 0.0443. The molecule has 0 aromatic heterocycles. The van der Waals surface area contributed by atoms with E-state index in [0.717, 1.165) is 32.1 Å². The van der Waals surface area contributed by atoms with Crippen molar-refractivity contribution in [1.29, 1.82) is 0 Å². The predicted octanol–water partition coefficient (Wildman–Crippen LogP) is 0.502. The van der Waals surface area contributed by atoms with Gasteiger partial charge in [-0.1, -0.05) is 0 Å². The Balaban J connectivity index is 2.03. The fraction of sp³-hybridized carbons (Fsp3) is 0.833. The van der Waals surface area contributed by atoms with Crippen molar-refractivity contribution >= 4 is 12.0 Å². The zero-order valence-electron chi connectivity index (χ0n) is 10.4. The number of piperidine rings is 1. The lowest BCUT2D eigenvalue weighted by molar-refractivity contribution is -0.138. The van der Waals surface area contributed by atoms with Crippen molar-refractivity contribution < 1.29 is 19.8 Å². The molecule has 1 heterocycles. The Morgan fingerprint density at radius 3 is 2.50 bits per heavy atom. The third kappa shape index (κ3) is 2.93. The molecule has 2 aliphatic rings. The molecule has 0 radical (unpaired) electrons. The summed E-state index contributed by atoms with van der Waals surface area (Å²) in [5, 5.41) is 18.2. The number of carboxylic acids is 1. The number of carbonyl (C=O) groups excluding carboxylic acids is 1. The smallest absolute Gasteiger partial charge is 0.323 e. The molecule has 6 nitrogen and oxygen atoms in total. The molecular formula is C12H20N2O4. The van der Waals surface area contributed by atoms with Gasteiger partial charge in [0, 0.05) is 12.6 Å². The third-order valence-corrected chi connectivity index (χ3v) is 3.62. The van der Waals surface area contributed by atoms with Gasteiger partial charge in [-0.2, -0.15) is 0 Å². The number of rotatable bonds is 4. The Bertz CT molecular complexity index is 330. The average molecular weight is 256 g/mol. The number of urea groups is 1. The zero-order valence-corrected chi connectivity index (χ0v) is 10.4. The number of aliphatic hydroxyl groups is 1. The van der Waals surface area contributed by atoms with Gasteiger partial charge in [-0.05, 0) is 32.1 Å². The molecule has 0 spiro atoms. The number of carboxylic acid groups (broad SMARTS) is 1. The minimum atomic E-state index is -0.979. The summed E-state index contributed by atoms with van der Waals surface area (Å²) in [4.78, 5) is 26.3. The number of aliphatic carboxylic acids is 1. The van der Waals surface area contributed by atoms with Crippen molar-refractivity contribution in [3.63, 3.8) is 0 Å². The molecule has 0 aromatic carbocycles. The number of hydrogen-bond acceptors (Lipinski definition) is 3. The Morgan fingerprint density at radius 2 is 1.94 bits per heavy atom. The summed E-state index contributed by atoms with van der Waals surface area (Å²) >= 11 is 0. The van der Waals surface area contributed by atoms with Crippen molar-refractivity contribution in [2.75, 3.05) is 19.7 Å². The molecule has 1 unspecified atom stereocenters. The maximum absolute atomic E-state index is 12.4. The normalized spacial score (nSPS) is 23.8. The molecular weight excluding hydrogens is 236 g/mol. The van der Waals surface area contributed by atoms with Crippen LogP contribution in [0.3, 0.4) is 0 Å². The second-order valence-corrected chi connectivity index (χ2v) is 5.06. The highest BCUT2D eigenvalue weighted by Crippen LogP contribution is 2.29. The van der Waals surface area contributed by atoms with Gasteiger partial charge >= 0.3 is 12.0 Å². The van der Waals surface area contributed by atoms with Crippen LogP contribution in [0.1, 0.15) is 32.1 Å². The lowest BCUT2D eigenvalue weighted by Crippen LogP contribution is -2.53. The van der Waals surface area contributed by atoms with Crippen molar-refractivity contribution in [2.24, 2.45) is 0 Å². The van der Waals surface area contributed by atoms with Crippen molar-refractivity contribution in [3.8, 4) is 0 Å². The lowest BCUT2D eigenvalue weighted by Gasteiger charge is -2.38. The molecule has 2 amide bonds. The van der Waals surface area contributed by atoms with Crippen LogP contribution in [0, 0.1) is 0 Å².